The third-order valence-electron chi connectivity index (χ3n) is 2.35. The Morgan fingerprint density at radius 1 is 1.31 bits per heavy atom. The van der Waals surface area contributed by atoms with E-state index in [-0.39, 0.29) is 0 Å². The Labute approximate surface area is 104 Å². The fourth-order valence-electron chi connectivity index (χ4n) is 1.45. The van der Waals surface area contributed by atoms with Crippen molar-refractivity contribution in [3.05, 3.63) is 27.7 Å². The topological polar surface area (TPSA) is 35.5 Å². The Bertz CT molecular complexity index is 399. The first-order chi connectivity index (χ1) is 7.51. The van der Waals surface area contributed by atoms with Gasteiger partial charge in [-0.25, -0.2) is 4.79 Å². The maximum Gasteiger partial charge on any atom is 0.341 e. The van der Waals surface area contributed by atoms with Crippen LogP contribution < -0.4 is 4.74 Å². The van der Waals surface area contributed by atoms with Crippen LogP contribution in [0.4, 0.5) is 0 Å². The van der Waals surface area contributed by atoms with E-state index in [2.05, 4.69) is 29.8 Å². The standard InChI is InChI=1S/C12H15BrO3/c1-7(2)8-6-11(15-3)9(5-10(8)13)12(14)16-4/h5-7H,1-4H3. The Kier molecular flexibility index (Phi) is 4.35. The lowest BCUT2D eigenvalue weighted by Gasteiger charge is -2.13. The Balaban J connectivity index is 3.32. The van der Waals surface area contributed by atoms with Crippen LogP contribution in [-0.4, -0.2) is 20.2 Å². The molecule has 0 saturated carbocycles. The second-order valence-electron chi connectivity index (χ2n) is 3.72. The number of carbonyl (C=O) groups excluding carboxylic acids is 1. The molecule has 16 heavy (non-hydrogen) atoms. The molecular formula is C12H15BrO3. The van der Waals surface area contributed by atoms with Crippen molar-refractivity contribution in [3.8, 4) is 5.75 Å². The fraction of sp³-hybridized carbons (Fsp3) is 0.417. The Morgan fingerprint density at radius 3 is 2.38 bits per heavy atom. The van der Waals surface area contributed by atoms with Crippen molar-refractivity contribution in [2.45, 2.75) is 19.8 Å². The molecule has 0 saturated heterocycles. The predicted molar refractivity (Wildman–Crippen MR) is 66.1 cm³/mol. The molecule has 1 aromatic rings. The van der Waals surface area contributed by atoms with Crippen LogP contribution in [0.3, 0.4) is 0 Å². The number of ether oxygens (including phenoxy) is 2. The number of hydrogen-bond acceptors (Lipinski definition) is 3. The zero-order chi connectivity index (χ0) is 12.3. The van der Waals surface area contributed by atoms with Gasteiger partial charge in [-0.05, 0) is 23.6 Å². The summed E-state index contributed by atoms with van der Waals surface area (Å²) in [5.41, 5.74) is 1.53. The van der Waals surface area contributed by atoms with Crippen LogP contribution in [0.2, 0.25) is 0 Å². The highest BCUT2D eigenvalue weighted by molar-refractivity contribution is 9.10. The summed E-state index contributed by atoms with van der Waals surface area (Å²) in [7, 11) is 2.89. The molecule has 0 N–H and O–H groups in total. The molecule has 0 aromatic heterocycles. The van der Waals surface area contributed by atoms with Crippen LogP contribution in [0.25, 0.3) is 0 Å². The Hall–Kier alpha value is -1.03. The number of esters is 1. The minimum absolute atomic E-state index is 0.356. The highest BCUT2D eigenvalue weighted by atomic mass is 79.9. The largest absolute Gasteiger partial charge is 0.496 e. The van der Waals surface area contributed by atoms with Gasteiger partial charge in [-0.15, -0.1) is 0 Å². The van der Waals surface area contributed by atoms with Crippen molar-refractivity contribution in [1.29, 1.82) is 0 Å². The Morgan fingerprint density at radius 2 is 1.94 bits per heavy atom. The zero-order valence-electron chi connectivity index (χ0n) is 9.83. The van der Waals surface area contributed by atoms with Crippen LogP contribution in [0.15, 0.2) is 16.6 Å². The van der Waals surface area contributed by atoms with E-state index in [4.69, 9.17) is 9.47 Å². The van der Waals surface area contributed by atoms with Crippen molar-refractivity contribution < 1.29 is 14.3 Å². The summed E-state index contributed by atoms with van der Waals surface area (Å²) in [6.07, 6.45) is 0. The lowest BCUT2D eigenvalue weighted by Crippen LogP contribution is -2.05. The van der Waals surface area contributed by atoms with Crippen molar-refractivity contribution in [1.82, 2.24) is 0 Å². The van der Waals surface area contributed by atoms with Gasteiger partial charge in [0.1, 0.15) is 11.3 Å². The number of carbonyl (C=O) groups is 1. The van der Waals surface area contributed by atoms with Crippen molar-refractivity contribution >= 4 is 21.9 Å². The van der Waals surface area contributed by atoms with E-state index in [0.29, 0.717) is 17.2 Å². The molecule has 3 nitrogen and oxygen atoms in total. The summed E-state index contributed by atoms with van der Waals surface area (Å²) in [5, 5.41) is 0. The lowest BCUT2D eigenvalue weighted by molar-refractivity contribution is 0.0597. The molecule has 0 spiro atoms. The van der Waals surface area contributed by atoms with Crippen molar-refractivity contribution in [2.24, 2.45) is 0 Å². The average molecular weight is 287 g/mol. The van der Waals surface area contributed by atoms with E-state index in [9.17, 15) is 4.79 Å². The predicted octanol–water partition coefficient (Wildman–Crippen LogP) is 3.37. The summed E-state index contributed by atoms with van der Waals surface area (Å²) in [5.74, 6) is 0.501. The first-order valence-corrected chi connectivity index (χ1v) is 5.76. The molecule has 0 radical (unpaired) electrons. The quantitative estimate of drug-likeness (QED) is 0.800. The molecular weight excluding hydrogens is 272 g/mol. The SMILES string of the molecule is COC(=O)c1cc(Br)c(C(C)C)cc1OC. The van der Waals surface area contributed by atoms with Gasteiger partial charge >= 0.3 is 5.97 Å². The molecule has 0 amide bonds. The van der Waals surface area contributed by atoms with Crippen LogP contribution in [0.5, 0.6) is 5.75 Å². The number of halogens is 1. The van der Waals surface area contributed by atoms with E-state index in [1.807, 2.05) is 6.07 Å². The van der Waals surface area contributed by atoms with Gasteiger partial charge in [-0.2, -0.15) is 0 Å². The van der Waals surface area contributed by atoms with Crippen LogP contribution >= 0.6 is 15.9 Å². The smallest absolute Gasteiger partial charge is 0.341 e. The first-order valence-electron chi connectivity index (χ1n) is 4.97. The van der Waals surface area contributed by atoms with Gasteiger partial charge in [0.25, 0.3) is 0 Å². The molecule has 0 aliphatic rings. The molecule has 0 fully saturated rings. The number of methoxy groups -OCH3 is 2. The summed E-state index contributed by atoms with van der Waals surface area (Å²) in [6.45, 7) is 4.16. The summed E-state index contributed by atoms with van der Waals surface area (Å²) >= 11 is 3.45. The molecule has 1 aromatic carbocycles. The summed E-state index contributed by atoms with van der Waals surface area (Å²) in [6, 6.07) is 3.60. The van der Waals surface area contributed by atoms with Crippen molar-refractivity contribution in [3.63, 3.8) is 0 Å². The van der Waals surface area contributed by atoms with Crippen LogP contribution in [0, 0.1) is 0 Å². The zero-order valence-corrected chi connectivity index (χ0v) is 11.4. The van der Waals surface area contributed by atoms with E-state index in [1.54, 1.807) is 13.2 Å². The van der Waals surface area contributed by atoms with Crippen LogP contribution in [0.1, 0.15) is 35.7 Å². The second-order valence-corrected chi connectivity index (χ2v) is 4.57. The van der Waals surface area contributed by atoms with Gasteiger partial charge < -0.3 is 9.47 Å². The maximum absolute atomic E-state index is 11.5. The summed E-state index contributed by atoms with van der Waals surface area (Å²) < 4.78 is 10.8. The number of benzene rings is 1. The van der Waals surface area contributed by atoms with Gasteiger partial charge in [0.05, 0.1) is 14.2 Å². The van der Waals surface area contributed by atoms with Gasteiger partial charge in [0.2, 0.25) is 0 Å². The van der Waals surface area contributed by atoms with E-state index in [1.165, 1.54) is 7.11 Å². The summed E-state index contributed by atoms with van der Waals surface area (Å²) in [4.78, 5) is 11.5. The van der Waals surface area contributed by atoms with Crippen molar-refractivity contribution in [2.75, 3.05) is 14.2 Å². The third kappa shape index (κ3) is 2.55. The van der Waals surface area contributed by atoms with E-state index >= 15 is 0 Å². The van der Waals surface area contributed by atoms with Gasteiger partial charge in [-0.3, -0.25) is 0 Å². The molecule has 0 unspecified atom stereocenters. The highest BCUT2D eigenvalue weighted by Crippen LogP contribution is 2.32. The molecule has 0 bridgehead atoms. The molecule has 4 heteroatoms. The van der Waals surface area contributed by atoms with Gasteiger partial charge in [0, 0.05) is 4.47 Å². The van der Waals surface area contributed by atoms with Gasteiger partial charge in [0.15, 0.2) is 0 Å². The highest BCUT2D eigenvalue weighted by Gasteiger charge is 2.17. The average Bonchev–Trinajstić information content (AvgIpc) is 2.27. The monoisotopic (exact) mass is 286 g/mol. The minimum atomic E-state index is -0.396. The first kappa shape index (κ1) is 13.0. The molecule has 0 aliphatic heterocycles. The second kappa shape index (κ2) is 5.34. The van der Waals surface area contributed by atoms with E-state index < -0.39 is 5.97 Å². The van der Waals surface area contributed by atoms with Gasteiger partial charge in [-0.1, -0.05) is 29.8 Å². The third-order valence-corrected chi connectivity index (χ3v) is 3.03. The number of hydrogen-bond donors (Lipinski definition) is 0. The molecule has 1 rings (SSSR count). The normalized spacial score (nSPS) is 10.4. The molecule has 0 atom stereocenters. The fourth-order valence-corrected chi connectivity index (χ4v) is 2.25. The van der Waals surface area contributed by atoms with E-state index in [0.717, 1.165) is 10.0 Å². The number of rotatable bonds is 3. The molecule has 0 aliphatic carbocycles. The molecule has 0 heterocycles. The van der Waals surface area contributed by atoms with Crippen LogP contribution in [-0.2, 0) is 4.74 Å². The minimum Gasteiger partial charge on any atom is -0.496 e. The maximum atomic E-state index is 11.5. The molecule has 88 valence electrons. The lowest BCUT2D eigenvalue weighted by atomic mass is 10.0.